The third-order valence-electron chi connectivity index (χ3n) is 5.80. The number of fused-ring (bicyclic) bond motifs is 1. The van der Waals surface area contributed by atoms with E-state index >= 15 is 0 Å². The van der Waals surface area contributed by atoms with Crippen LogP contribution in [0.15, 0.2) is 77.8 Å². The molecule has 1 aliphatic rings. The second-order valence-electron chi connectivity index (χ2n) is 8.17. The monoisotopic (exact) mass is 537 g/mol. The van der Waals surface area contributed by atoms with Crippen molar-refractivity contribution in [3.63, 3.8) is 0 Å². The van der Waals surface area contributed by atoms with Crippen LogP contribution in [0.3, 0.4) is 0 Å². The molecule has 0 bridgehead atoms. The van der Waals surface area contributed by atoms with E-state index in [1.165, 1.54) is 17.0 Å². The third-order valence-corrected chi connectivity index (χ3v) is 7.45. The van der Waals surface area contributed by atoms with Gasteiger partial charge in [-0.3, -0.25) is 24.6 Å². The van der Waals surface area contributed by atoms with Crippen LogP contribution in [-0.2, 0) is 17.9 Å². The molecule has 3 aromatic carbocycles. The highest BCUT2D eigenvalue weighted by Gasteiger charge is 2.35. The minimum absolute atomic E-state index is 0.0356. The minimum atomic E-state index is -0.429. The Balaban J connectivity index is 1.43. The lowest BCUT2D eigenvalue weighted by Crippen LogP contribution is -2.27. The summed E-state index contributed by atoms with van der Waals surface area (Å²) in [7, 11) is 0. The molecule has 0 unspecified atom stereocenters. The molecule has 1 fully saturated rings. The summed E-state index contributed by atoms with van der Waals surface area (Å²) in [6, 6.07) is 19.2. The number of para-hydroxylation sites is 1. The summed E-state index contributed by atoms with van der Waals surface area (Å²) in [5.74, 6) is -0.372. The number of aromatic nitrogens is 1. The van der Waals surface area contributed by atoms with Crippen LogP contribution in [-0.4, -0.2) is 25.5 Å². The number of carbonyl (C=O) groups excluding carboxylic acids is 2. The standard InChI is InChI=1S/C26H17Cl2N3O4S/c27-21-10-7-17(11-22(21)28)14-30-25(32)24(36-26(30)33)12-18-15-29(23-4-2-1-3-20(18)23)13-16-5-8-19(9-6-16)31(34)35/h1-12,15H,13-14H2/b24-12-. The zero-order valence-electron chi connectivity index (χ0n) is 18.6. The van der Waals surface area contributed by atoms with Crippen molar-refractivity contribution >= 4 is 68.8 Å². The zero-order valence-corrected chi connectivity index (χ0v) is 20.9. The van der Waals surface area contributed by atoms with E-state index in [9.17, 15) is 19.7 Å². The summed E-state index contributed by atoms with van der Waals surface area (Å²) >= 11 is 12.9. The van der Waals surface area contributed by atoms with Gasteiger partial charge < -0.3 is 4.57 Å². The Bertz CT molecular complexity index is 1560. The van der Waals surface area contributed by atoms with Gasteiger partial charge >= 0.3 is 0 Å². The first-order valence-corrected chi connectivity index (χ1v) is 12.4. The van der Waals surface area contributed by atoms with E-state index < -0.39 is 4.92 Å². The molecule has 36 heavy (non-hydrogen) atoms. The maximum absolute atomic E-state index is 13.1. The van der Waals surface area contributed by atoms with Crippen molar-refractivity contribution in [2.24, 2.45) is 0 Å². The molecular formula is C26H17Cl2N3O4S. The number of nitrogens with zero attached hydrogens (tertiary/aromatic N) is 3. The quantitative estimate of drug-likeness (QED) is 0.148. The summed E-state index contributed by atoms with van der Waals surface area (Å²) in [6.07, 6.45) is 3.65. The molecule has 0 atom stereocenters. The highest BCUT2D eigenvalue weighted by Crippen LogP contribution is 2.35. The van der Waals surface area contributed by atoms with E-state index in [0.717, 1.165) is 33.8 Å². The van der Waals surface area contributed by atoms with Crippen LogP contribution in [0.5, 0.6) is 0 Å². The molecule has 2 amide bonds. The van der Waals surface area contributed by atoms with Gasteiger partial charge in [-0.25, -0.2) is 0 Å². The van der Waals surface area contributed by atoms with Crippen LogP contribution in [0.2, 0.25) is 10.0 Å². The lowest BCUT2D eigenvalue weighted by atomic mass is 10.1. The number of rotatable bonds is 6. The van der Waals surface area contributed by atoms with Crippen molar-refractivity contribution < 1.29 is 14.5 Å². The molecule has 1 saturated heterocycles. The molecule has 7 nitrogen and oxygen atoms in total. The van der Waals surface area contributed by atoms with Crippen LogP contribution in [0.4, 0.5) is 10.5 Å². The normalized spacial score (nSPS) is 14.8. The first kappa shape index (κ1) is 24.1. The Morgan fingerprint density at radius 1 is 0.917 bits per heavy atom. The lowest BCUT2D eigenvalue weighted by molar-refractivity contribution is -0.384. The second-order valence-corrected chi connectivity index (χ2v) is 9.98. The maximum atomic E-state index is 13.1. The predicted molar refractivity (Wildman–Crippen MR) is 142 cm³/mol. The van der Waals surface area contributed by atoms with Gasteiger partial charge in [0.05, 0.1) is 26.4 Å². The lowest BCUT2D eigenvalue weighted by Gasteiger charge is -2.12. The number of nitro benzene ring substituents is 1. The molecule has 0 saturated carbocycles. The van der Waals surface area contributed by atoms with Crippen LogP contribution < -0.4 is 0 Å². The molecule has 0 spiro atoms. The van der Waals surface area contributed by atoms with E-state index in [-0.39, 0.29) is 23.4 Å². The van der Waals surface area contributed by atoms with Crippen molar-refractivity contribution in [1.82, 2.24) is 9.47 Å². The Hall–Kier alpha value is -3.59. The van der Waals surface area contributed by atoms with E-state index in [1.807, 2.05) is 35.0 Å². The van der Waals surface area contributed by atoms with Gasteiger partial charge in [0.1, 0.15) is 0 Å². The van der Waals surface area contributed by atoms with Crippen molar-refractivity contribution in [2.75, 3.05) is 0 Å². The molecule has 1 aliphatic heterocycles. The van der Waals surface area contributed by atoms with E-state index in [2.05, 4.69) is 0 Å². The summed E-state index contributed by atoms with van der Waals surface area (Å²) in [6.45, 7) is 0.589. The van der Waals surface area contributed by atoms with Gasteiger partial charge in [-0.15, -0.1) is 0 Å². The highest BCUT2D eigenvalue weighted by molar-refractivity contribution is 8.18. The molecule has 5 rings (SSSR count). The van der Waals surface area contributed by atoms with Crippen molar-refractivity contribution in [3.05, 3.63) is 115 Å². The first-order valence-electron chi connectivity index (χ1n) is 10.8. The molecule has 0 radical (unpaired) electrons. The van der Waals surface area contributed by atoms with Gasteiger partial charge in [0.15, 0.2) is 0 Å². The number of carbonyl (C=O) groups is 2. The van der Waals surface area contributed by atoms with Gasteiger partial charge in [0.25, 0.3) is 16.8 Å². The zero-order chi connectivity index (χ0) is 25.4. The molecule has 180 valence electrons. The van der Waals surface area contributed by atoms with Gasteiger partial charge in [0.2, 0.25) is 0 Å². The van der Waals surface area contributed by atoms with Crippen molar-refractivity contribution in [2.45, 2.75) is 13.1 Å². The Labute approximate surface area is 220 Å². The number of amides is 2. The third kappa shape index (κ3) is 4.75. The summed E-state index contributed by atoms with van der Waals surface area (Å²) < 4.78 is 2.02. The SMILES string of the molecule is O=C1S/C(=C\c2cn(Cc3ccc([N+](=O)[O-])cc3)c3ccccc23)C(=O)N1Cc1ccc(Cl)c(Cl)c1. The van der Waals surface area contributed by atoms with E-state index in [4.69, 9.17) is 23.2 Å². The first-order chi connectivity index (χ1) is 17.3. The van der Waals surface area contributed by atoms with Crippen LogP contribution in [0.25, 0.3) is 17.0 Å². The number of halogens is 2. The Morgan fingerprint density at radius 3 is 2.36 bits per heavy atom. The minimum Gasteiger partial charge on any atom is -0.342 e. The number of imide groups is 1. The van der Waals surface area contributed by atoms with Crippen molar-refractivity contribution in [3.8, 4) is 0 Å². The summed E-state index contributed by atoms with van der Waals surface area (Å²) in [4.78, 5) is 37.8. The molecule has 0 aliphatic carbocycles. The number of benzene rings is 3. The van der Waals surface area contributed by atoms with Crippen LogP contribution in [0, 0.1) is 10.1 Å². The van der Waals surface area contributed by atoms with Gasteiger partial charge in [-0.1, -0.05) is 59.6 Å². The highest BCUT2D eigenvalue weighted by atomic mass is 35.5. The maximum Gasteiger partial charge on any atom is 0.293 e. The fraction of sp³-hybridized carbons (Fsp3) is 0.0769. The molecule has 1 aromatic heterocycles. The number of hydrogen-bond donors (Lipinski definition) is 0. The molecular weight excluding hydrogens is 521 g/mol. The van der Waals surface area contributed by atoms with E-state index in [1.54, 1.807) is 36.4 Å². The van der Waals surface area contributed by atoms with Gasteiger partial charge in [-0.05, 0) is 47.2 Å². The predicted octanol–water partition coefficient (Wildman–Crippen LogP) is 7.14. The molecule has 10 heteroatoms. The Morgan fingerprint density at radius 2 is 1.64 bits per heavy atom. The second kappa shape index (κ2) is 9.81. The van der Waals surface area contributed by atoms with Crippen LogP contribution in [0.1, 0.15) is 16.7 Å². The number of non-ortho nitro benzene ring substituents is 1. The fourth-order valence-electron chi connectivity index (χ4n) is 4.04. The number of nitro groups is 1. The largest absolute Gasteiger partial charge is 0.342 e. The smallest absolute Gasteiger partial charge is 0.293 e. The molecule has 4 aromatic rings. The summed E-state index contributed by atoms with van der Waals surface area (Å²) in [5, 5.41) is 12.3. The average molecular weight is 538 g/mol. The molecule has 2 heterocycles. The Kier molecular flexibility index (Phi) is 6.57. The van der Waals surface area contributed by atoms with Crippen molar-refractivity contribution in [1.29, 1.82) is 0 Å². The fourth-order valence-corrected chi connectivity index (χ4v) is 5.19. The number of hydrogen-bond acceptors (Lipinski definition) is 5. The molecule has 0 N–H and O–H groups in total. The van der Waals surface area contributed by atoms with E-state index in [0.29, 0.717) is 27.1 Å². The van der Waals surface area contributed by atoms with Gasteiger partial charge in [-0.2, -0.15) is 0 Å². The topological polar surface area (TPSA) is 85.5 Å². The van der Waals surface area contributed by atoms with Gasteiger partial charge in [0, 0.05) is 41.3 Å². The summed E-state index contributed by atoms with van der Waals surface area (Å²) in [5.41, 5.74) is 3.38. The number of thioether (sulfide) groups is 1. The average Bonchev–Trinajstić information content (AvgIpc) is 3.33. The van der Waals surface area contributed by atoms with Crippen LogP contribution >= 0.6 is 35.0 Å².